The highest BCUT2D eigenvalue weighted by molar-refractivity contribution is 8.19. The van der Waals surface area contributed by atoms with E-state index in [1.54, 1.807) is 155 Å². The number of likely N-dealkylation sites (tertiary alicyclic amines) is 2. The molecule has 0 bridgehead atoms. The minimum Gasteiger partial charge on any atom is -0.449 e. The summed E-state index contributed by atoms with van der Waals surface area (Å²) in [5.74, 6) is -5.05. The first-order chi connectivity index (χ1) is 51.5. The molecule has 1 aliphatic carbocycles. The van der Waals surface area contributed by atoms with Gasteiger partial charge in [-0.15, -0.1) is 47.0 Å². The van der Waals surface area contributed by atoms with Crippen molar-refractivity contribution in [2.75, 3.05) is 84.0 Å². The van der Waals surface area contributed by atoms with Gasteiger partial charge in [-0.3, -0.25) is 62.3 Å². The Hall–Kier alpha value is -8.16. The van der Waals surface area contributed by atoms with Gasteiger partial charge in [-0.05, 0) is 102 Å². The molecule has 0 radical (unpaired) electrons. The lowest BCUT2D eigenvalue weighted by Gasteiger charge is -2.37. The van der Waals surface area contributed by atoms with Gasteiger partial charge in [0.05, 0.1) is 45.9 Å². The van der Waals surface area contributed by atoms with Crippen molar-refractivity contribution in [3.63, 3.8) is 0 Å². The van der Waals surface area contributed by atoms with Crippen LogP contribution in [0.2, 0.25) is 0 Å². The fourth-order valence-electron chi connectivity index (χ4n) is 13.0. The molecule has 12 amide bonds. The summed E-state index contributed by atoms with van der Waals surface area (Å²) in [5, 5.41) is 21.2. The van der Waals surface area contributed by atoms with Gasteiger partial charge in [0.2, 0.25) is 64.7 Å². The monoisotopic (exact) mass is 1580 g/mol. The van der Waals surface area contributed by atoms with Crippen molar-refractivity contribution >= 4 is 130 Å². The summed E-state index contributed by atoms with van der Waals surface area (Å²) in [6, 6.07) is 18.3. The number of carbonyl (C=O) groups excluding carboxylic acids is 14. The van der Waals surface area contributed by atoms with Gasteiger partial charge in [0.25, 0.3) is 11.8 Å². The first-order valence-corrected chi connectivity index (χ1v) is 41.3. The lowest BCUT2D eigenvalue weighted by molar-refractivity contribution is -0.145. The zero-order valence-corrected chi connectivity index (χ0v) is 68.2. The minimum atomic E-state index is -1.21. The van der Waals surface area contributed by atoms with Crippen LogP contribution in [0, 0.1) is 16.7 Å². The van der Waals surface area contributed by atoms with Crippen LogP contribution in [0.1, 0.15) is 161 Å². The largest absolute Gasteiger partial charge is 0.449 e. The molecule has 0 aromatic heterocycles. The number of hydrogen-bond acceptors (Lipinski definition) is 19. The fraction of sp³-hybridized carbons (Fsp3) is 0.590. The number of rotatable bonds is 30. The van der Waals surface area contributed by atoms with E-state index in [0.717, 1.165) is 54.3 Å². The predicted octanol–water partition coefficient (Wildman–Crippen LogP) is 6.02. The van der Waals surface area contributed by atoms with E-state index in [-0.39, 0.29) is 50.3 Å². The second-order valence-electron chi connectivity index (χ2n) is 30.8. The third kappa shape index (κ3) is 24.9. The molecule has 4 saturated heterocycles. The highest BCUT2D eigenvalue weighted by Crippen LogP contribution is 2.52. The van der Waals surface area contributed by atoms with Gasteiger partial charge in [0.1, 0.15) is 36.3 Å². The first kappa shape index (κ1) is 88.1. The average Bonchev–Trinajstić information content (AvgIpc) is 1.62. The summed E-state index contributed by atoms with van der Waals surface area (Å²) in [6.45, 7) is 16.2. The van der Waals surface area contributed by atoms with Crippen LogP contribution in [-0.4, -0.2) is 231 Å². The molecule has 4 aliphatic heterocycles. The van der Waals surface area contributed by atoms with E-state index in [0.29, 0.717) is 42.7 Å². The molecule has 5 aliphatic rings. The minimum absolute atomic E-state index is 0.144. The van der Waals surface area contributed by atoms with E-state index in [9.17, 15) is 67.1 Å². The van der Waals surface area contributed by atoms with Gasteiger partial charge in [-0.1, -0.05) is 159 Å². The van der Waals surface area contributed by atoms with Crippen molar-refractivity contribution < 1.29 is 71.9 Å². The van der Waals surface area contributed by atoms with Crippen LogP contribution in [0.4, 0.5) is 4.79 Å². The summed E-state index contributed by atoms with van der Waals surface area (Å²) in [6.07, 6.45) is 5.18. The quantitative estimate of drug-likeness (QED) is 0.0353. The number of benzene rings is 3. The number of ketones is 2. The van der Waals surface area contributed by atoms with Crippen LogP contribution in [0.25, 0.3) is 0 Å². The molecule has 4 heterocycles. The number of alkyl carbamates (subject to hydrolysis) is 1. The first-order valence-electron chi connectivity index (χ1n) is 37.3. The Kier molecular flexibility index (Phi) is 32.4. The number of nitrogens with one attached hydrogen (secondary N) is 8. The molecule has 3 aromatic carbocycles. The van der Waals surface area contributed by atoms with Gasteiger partial charge in [0.15, 0.2) is 0 Å². The molecular weight excluding hydrogens is 1470 g/mol. The van der Waals surface area contributed by atoms with Crippen molar-refractivity contribution in [2.45, 2.75) is 189 Å². The summed E-state index contributed by atoms with van der Waals surface area (Å²) < 4.78 is 4.50. The second-order valence-corrected chi connectivity index (χ2v) is 37.2. The Balaban J connectivity index is 0.000000304. The molecule has 27 nitrogen and oxygen atoms in total. The molecule has 109 heavy (non-hydrogen) atoms. The summed E-state index contributed by atoms with van der Waals surface area (Å²) in [7, 11) is 6.25. The van der Waals surface area contributed by atoms with Crippen LogP contribution in [0.5, 0.6) is 0 Å². The summed E-state index contributed by atoms with van der Waals surface area (Å²) >= 11 is 6.84. The standard InChI is InChI=1S/C41H56N6O7S2.C37H54N6O8S2/c1-8-16-29(33(49)37(52)42-24-31(48)44-32(38(53)46(6)7)28-19-13-10-14-20-28)43-36(51)30-23-41(55-21-15-22-56-41)25-47(30)39(54)34(40(3,4)5)45-35(50)26(2)27-17-11-9-12-18-27;1-7-12-25(29(45)32(47)38-20-27(44)40-28(33(48)42(5)6)24-13-9-8-10-14-24)39-31(46)26-19-37(52-17-11-18-53-37)22-43(26)34(49)30(36(2,3)4)41-35(50)51-21-23-15-16-23/h9-14,17-20,26,29-30,32,34H,8,15-16,21-25H2,1-7H3,(H,42,52)(H,43,51)(H,44,48)(H,45,50);8-10,13-14,23,25-26,28,30H,7,11-12,15-22H2,1-6H3,(H,38,47)(H,39,46)(H,40,44)(H,41,50)/t26-,29?,30-,32-,34+;25?,26-,28-,30+/m00/s1. The summed E-state index contributed by atoms with van der Waals surface area (Å²) in [5.41, 5.74) is 0.489. The molecule has 2 unspecified atom stereocenters. The Morgan fingerprint density at radius 2 is 0.862 bits per heavy atom. The number of Topliss-reactive ketones (excluding diaryl/α,β-unsaturated/α-hetero) is 2. The maximum atomic E-state index is 14.6. The maximum absolute atomic E-state index is 14.6. The third-order valence-electron chi connectivity index (χ3n) is 19.3. The molecule has 8 N–H and O–H groups in total. The Morgan fingerprint density at radius 3 is 1.20 bits per heavy atom. The van der Waals surface area contributed by atoms with Crippen molar-refractivity contribution in [3.05, 3.63) is 108 Å². The number of likely N-dealkylation sites (N-methyl/N-ethyl adjacent to an activating group) is 2. The normalized spacial score (nSPS) is 19.1. The van der Waals surface area contributed by atoms with Gasteiger partial charge < -0.3 is 66.9 Å². The van der Waals surface area contributed by atoms with Crippen LogP contribution < -0.4 is 42.5 Å². The van der Waals surface area contributed by atoms with Crippen LogP contribution in [-0.2, 0) is 67.1 Å². The van der Waals surface area contributed by atoms with Crippen molar-refractivity contribution in [2.24, 2.45) is 16.7 Å². The highest BCUT2D eigenvalue weighted by Gasteiger charge is 2.55. The Morgan fingerprint density at radius 1 is 0.505 bits per heavy atom. The van der Waals surface area contributed by atoms with Crippen molar-refractivity contribution in [1.29, 1.82) is 0 Å². The van der Waals surface area contributed by atoms with Gasteiger partial charge >= 0.3 is 6.09 Å². The van der Waals surface area contributed by atoms with Crippen molar-refractivity contribution in [1.82, 2.24) is 62.1 Å². The molecular formula is C78H110N12O15S4. The van der Waals surface area contributed by atoms with E-state index < -0.39 is 151 Å². The second kappa shape index (κ2) is 40.2. The van der Waals surface area contributed by atoms with Gasteiger partial charge in [0, 0.05) is 54.1 Å². The Labute approximate surface area is 657 Å². The zero-order valence-electron chi connectivity index (χ0n) is 64.9. The Bertz CT molecular complexity index is 3720. The van der Waals surface area contributed by atoms with E-state index in [2.05, 4.69) is 42.5 Å². The van der Waals surface area contributed by atoms with Crippen LogP contribution >= 0.6 is 47.0 Å². The van der Waals surface area contributed by atoms with Crippen LogP contribution in [0.15, 0.2) is 91.0 Å². The molecule has 9 atom stereocenters. The molecule has 5 fully saturated rings. The lowest BCUT2D eigenvalue weighted by atomic mass is 9.85. The lowest BCUT2D eigenvalue weighted by Crippen LogP contribution is -2.59. The van der Waals surface area contributed by atoms with Crippen molar-refractivity contribution in [3.8, 4) is 0 Å². The molecule has 596 valence electrons. The van der Waals surface area contributed by atoms with Crippen LogP contribution in [0.3, 0.4) is 0 Å². The SMILES string of the molecule is CCCC(NC(=O)[C@@H]1CC2(CN1C(=O)[C@@H](NC(=O)OCC1CC1)C(C)(C)C)SCCCS2)C(=O)C(=O)NCC(=O)N[C@H](C(=O)N(C)C)c1ccccc1.CCCC(NC(=O)[C@@H]1CC2(CN1C(=O)[C@@H](NC(=O)[C@@H](C)c1ccccc1)C(C)(C)C)SCCCS2)C(=O)C(=O)NCC(=O)N[C@H](C(=O)N(C)C)c1ccccc1. The number of ether oxygens (including phenoxy) is 1. The molecule has 2 spiro atoms. The topological polar surface area (TPSA) is 357 Å². The van der Waals surface area contributed by atoms with E-state index in [1.165, 1.54) is 14.7 Å². The number of carbonyl (C=O) groups is 14. The van der Waals surface area contributed by atoms with Gasteiger partial charge in [-0.25, -0.2) is 4.79 Å². The number of hydrogen-bond donors (Lipinski definition) is 8. The molecule has 1 saturated carbocycles. The number of nitrogens with zero attached hydrogens (tertiary/aromatic N) is 4. The summed E-state index contributed by atoms with van der Waals surface area (Å²) in [4.78, 5) is 194. The maximum Gasteiger partial charge on any atom is 0.407 e. The molecule has 8 rings (SSSR count). The molecule has 3 aromatic rings. The predicted molar refractivity (Wildman–Crippen MR) is 423 cm³/mol. The van der Waals surface area contributed by atoms with Gasteiger partial charge in [-0.2, -0.15) is 0 Å². The van der Waals surface area contributed by atoms with E-state index in [1.807, 2.05) is 78.8 Å². The zero-order chi connectivity index (χ0) is 80.1. The fourth-order valence-corrected chi connectivity index (χ4v) is 19.7. The number of amides is 12. The average molecular weight is 1580 g/mol. The smallest absolute Gasteiger partial charge is 0.407 e. The van der Waals surface area contributed by atoms with E-state index in [4.69, 9.17) is 4.74 Å². The molecule has 31 heteroatoms. The number of thioether (sulfide) groups is 4. The third-order valence-corrected chi connectivity index (χ3v) is 26.0. The van der Waals surface area contributed by atoms with E-state index >= 15 is 0 Å². The highest BCUT2D eigenvalue weighted by atomic mass is 32.2.